The molecule has 0 amide bonds. The molecule has 0 saturated carbocycles. The lowest BCUT2D eigenvalue weighted by Gasteiger charge is -2.36. The molecule has 0 bridgehead atoms. The molecule has 2 aliphatic rings. The quantitative estimate of drug-likeness (QED) is 0.439. The van der Waals surface area contributed by atoms with Gasteiger partial charge in [0.05, 0.1) is 18.0 Å². The van der Waals surface area contributed by atoms with E-state index in [-0.39, 0.29) is 35.4 Å². The number of halogens is 3. The predicted octanol–water partition coefficient (Wildman–Crippen LogP) is 4.03. The van der Waals surface area contributed by atoms with Crippen LogP contribution < -0.4 is 16.0 Å². The molecule has 3 aromatic heterocycles. The maximum Gasteiger partial charge on any atom is 0.419 e. The SMILES string of the molecule is CC1NCCOC1c1ccc2c(-c3nc(NC4CCC(C)(C)NC4)ncc3C(F)(F)F)c[nH]c2n1. The fourth-order valence-corrected chi connectivity index (χ4v) is 4.73. The fourth-order valence-electron chi connectivity index (χ4n) is 4.73. The van der Waals surface area contributed by atoms with E-state index < -0.39 is 11.7 Å². The lowest BCUT2D eigenvalue weighted by molar-refractivity contribution is -0.137. The summed E-state index contributed by atoms with van der Waals surface area (Å²) in [4.78, 5) is 16.0. The van der Waals surface area contributed by atoms with Crippen molar-refractivity contribution < 1.29 is 17.9 Å². The Morgan fingerprint density at radius 2 is 2.03 bits per heavy atom. The molecule has 0 aliphatic carbocycles. The van der Waals surface area contributed by atoms with E-state index in [0.717, 1.165) is 31.3 Å². The van der Waals surface area contributed by atoms with Crippen molar-refractivity contribution in [1.82, 2.24) is 30.6 Å². The smallest absolute Gasteiger partial charge is 0.369 e. The number of nitrogens with zero attached hydrogens (tertiary/aromatic N) is 3. The largest absolute Gasteiger partial charge is 0.419 e. The van der Waals surface area contributed by atoms with Crippen molar-refractivity contribution in [3.63, 3.8) is 0 Å². The third kappa shape index (κ3) is 4.98. The Morgan fingerprint density at radius 3 is 2.74 bits per heavy atom. The summed E-state index contributed by atoms with van der Waals surface area (Å²) in [6, 6.07) is 3.69. The average Bonchev–Trinajstić information content (AvgIpc) is 3.23. The molecule has 0 radical (unpaired) electrons. The number of hydrogen-bond acceptors (Lipinski definition) is 7. The number of piperidine rings is 1. The van der Waals surface area contributed by atoms with Crippen molar-refractivity contribution in [2.24, 2.45) is 0 Å². The highest BCUT2D eigenvalue weighted by molar-refractivity contribution is 5.93. The first-order valence-electron chi connectivity index (χ1n) is 11.9. The van der Waals surface area contributed by atoms with E-state index in [9.17, 15) is 13.2 Å². The molecule has 0 aromatic carbocycles. The zero-order valence-electron chi connectivity index (χ0n) is 20.0. The Labute approximate surface area is 201 Å². The average molecular weight is 490 g/mol. The van der Waals surface area contributed by atoms with Gasteiger partial charge in [0.1, 0.15) is 17.3 Å². The highest BCUT2D eigenvalue weighted by Crippen LogP contribution is 2.39. The number of rotatable bonds is 4. The van der Waals surface area contributed by atoms with E-state index in [1.807, 2.05) is 6.92 Å². The second kappa shape index (κ2) is 9.03. The molecule has 5 rings (SSSR count). The number of fused-ring (bicyclic) bond motifs is 1. The van der Waals surface area contributed by atoms with Gasteiger partial charge in [-0.25, -0.2) is 15.0 Å². The van der Waals surface area contributed by atoms with Crippen LogP contribution in [0, 0.1) is 0 Å². The maximum atomic E-state index is 13.9. The lowest BCUT2D eigenvalue weighted by Crippen LogP contribution is -2.50. The maximum absolute atomic E-state index is 13.9. The van der Waals surface area contributed by atoms with E-state index in [1.165, 1.54) is 6.20 Å². The number of nitrogens with one attached hydrogen (secondary N) is 4. The van der Waals surface area contributed by atoms with Crippen molar-refractivity contribution in [1.29, 1.82) is 0 Å². The Morgan fingerprint density at radius 1 is 1.20 bits per heavy atom. The number of pyridine rings is 1. The van der Waals surface area contributed by atoms with Crippen LogP contribution in [0.25, 0.3) is 22.3 Å². The van der Waals surface area contributed by atoms with E-state index in [0.29, 0.717) is 29.7 Å². The highest BCUT2D eigenvalue weighted by atomic mass is 19.4. The van der Waals surface area contributed by atoms with Gasteiger partial charge in [-0.1, -0.05) is 0 Å². The summed E-state index contributed by atoms with van der Waals surface area (Å²) in [6.07, 6.45) is -0.637. The summed E-state index contributed by atoms with van der Waals surface area (Å²) < 4.78 is 47.6. The van der Waals surface area contributed by atoms with Crippen LogP contribution in [0.1, 0.15) is 51.0 Å². The summed E-state index contributed by atoms with van der Waals surface area (Å²) in [5, 5.41) is 10.5. The van der Waals surface area contributed by atoms with Gasteiger partial charge < -0.3 is 25.7 Å². The Balaban J connectivity index is 1.48. The molecule has 11 heteroatoms. The Kier molecular flexibility index (Phi) is 6.18. The summed E-state index contributed by atoms with van der Waals surface area (Å²) in [7, 11) is 0. The zero-order valence-corrected chi connectivity index (χ0v) is 20.0. The third-order valence-electron chi connectivity index (χ3n) is 6.80. The minimum atomic E-state index is -4.60. The van der Waals surface area contributed by atoms with Crippen LogP contribution in [0.4, 0.5) is 19.1 Å². The summed E-state index contributed by atoms with van der Waals surface area (Å²) in [5.74, 6) is 0.175. The van der Waals surface area contributed by atoms with E-state index in [1.54, 1.807) is 12.1 Å². The minimum Gasteiger partial charge on any atom is -0.369 e. The molecule has 0 spiro atoms. The van der Waals surface area contributed by atoms with Crippen LogP contribution in [-0.4, -0.2) is 57.3 Å². The molecule has 8 nitrogen and oxygen atoms in total. The van der Waals surface area contributed by atoms with E-state index >= 15 is 0 Å². The lowest BCUT2D eigenvalue weighted by atomic mass is 9.91. The number of aromatic nitrogens is 4. The first kappa shape index (κ1) is 24.0. The van der Waals surface area contributed by atoms with Gasteiger partial charge >= 0.3 is 6.18 Å². The monoisotopic (exact) mass is 489 g/mol. The molecule has 2 fully saturated rings. The summed E-state index contributed by atoms with van der Waals surface area (Å²) >= 11 is 0. The molecule has 4 N–H and O–H groups in total. The molecular weight excluding hydrogens is 459 g/mol. The highest BCUT2D eigenvalue weighted by Gasteiger charge is 2.36. The van der Waals surface area contributed by atoms with Gasteiger partial charge in [0.15, 0.2) is 0 Å². The number of anilines is 1. The van der Waals surface area contributed by atoms with Gasteiger partial charge in [-0.2, -0.15) is 13.2 Å². The van der Waals surface area contributed by atoms with Crippen LogP contribution in [0.3, 0.4) is 0 Å². The third-order valence-corrected chi connectivity index (χ3v) is 6.80. The number of hydrogen-bond donors (Lipinski definition) is 4. The van der Waals surface area contributed by atoms with Gasteiger partial charge in [-0.15, -0.1) is 0 Å². The molecule has 3 unspecified atom stereocenters. The molecular formula is C24H30F3N7O. The number of ether oxygens (including phenoxy) is 1. The standard InChI is InChI=1S/C24H30F3N7O/c1-13-20(35-9-8-28-13)18-5-4-15-16(11-29-21(15)33-18)19-17(24(25,26)27)12-30-22(34-19)32-14-6-7-23(2,3)31-10-14/h4-5,11-14,20,28,31H,6-10H2,1-3H3,(H,29,33)(H,30,32,34). The number of alkyl halides is 3. The second-order valence-electron chi connectivity index (χ2n) is 9.97. The zero-order chi connectivity index (χ0) is 24.8. The van der Waals surface area contributed by atoms with Crippen molar-refractivity contribution in [2.75, 3.05) is 25.0 Å². The van der Waals surface area contributed by atoms with Crippen LogP contribution in [-0.2, 0) is 10.9 Å². The van der Waals surface area contributed by atoms with Crippen molar-refractivity contribution in [2.45, 2.75) is 63.5 Å². The van der Waals surface area contributed by atoms with Gasteiger partial charge in [-0.05, 0) is 45.7 Å². The van der Waals surface area contributed by atoms with Crippen molar-refractivity contribution in [3.05, 3.63) is 35.8 Å². The van der Waals surface area contributed by atoms with Crippen molar-refractivity contribution >= 4 is 17.0 Å². The summed E-state index contributed by atoms with van der Waals surface area (Å²) in [5.41, 5.74) is 0.512. The van der Waals surface area contributed by atoms with Gasteiger partial charge in [0, 0.05) is 54.1 Å². The molecule has 5 heterocycles. The number of H-pyrrole nitrogens is 1. The van der Waals surface area contributed by atoms with Crippen LogP contribution in [0.15, 0.2) is 24.5 Å². The molecule has 2 aliphatic heterocycles. The molecule has 2 saturated heterocycles. The van der Waals surface area contributed by atoms with Crippen LogP contribution in [0.2, 0.25) is 0 Å². The van der Waals surface area contributed by atoms with Gasteiger partial charge in [0.25, 0.3) is 0 Å². The first-order valence-corrected chi connectivity index (χ1v) is 11.9. The Hall–Kier alpha value is -2.76. The predicted molar refractivity (Wildman–Crippen MR) is 127 cm³/mol. The van der Waals surface area contributed by atoms with Crippen LogP contribution >= 0.6 is 0 Å². The fraction of sp³-hybridized carbons (Fsp3) is 0.542. The molecule has 3 aromatic rings. The first-order chi connectivity index (χ1) is 16.6. The van der Waals surface area contributed by atoms with Gasteiger partial charge in [0.2, 0.25) is 5.95 Å². The number of aromatic amines is 1. The van der Waals surface area contributed by atoms with Crippen molar-refractivity contribution in [3.8, 4) is 11.3 Å². The number of morpholine rings is 1. The van der Waals surface area contributed by atoms with E-state index in [2.05, 4.69) is 49.7 Å². The normalized spacial score (nSPS) is 25.0. The van der Waals surface area contributed by atoms with Crippen LogP contribution in [0.5, 0.6) is 0 Å². The molecule has 188 valence electrons. The van der Waals surface area contributed by atoms with E-state index in [4.69, 9.17) is 4.74 Å². The second-order valence-corrected chi connectivity index (χ2v) is 9.97. The van der Waals surface area contributed by atoms with Gasteiger partial charge in [-0.3, -0.25) is 0 Å². The summed E-state index contributed by atoms with van der Waals surface area (Å²) in [6.45, 7) is 8.30. The Bertz CT molecular complexity index is 1200. The minimum absolute atomic E-state index is 0.0332. The molecule has 35 heavy (non-hydrogen) atoms. The topological polar surface area (TPSA) is 99.8 Å². The molecule has 3 atom stereocenters.